The number of nitrogens with zero attached hydrogens (tertiary/aromatic N) is 1. The summed E-state index contributed by atoms with van der Waals surface area (Å²) in [6.07, 6.45) is 0. The second kappa shape index (κ2) is 9.95. The number of carbonyl (C=O) groups excluding carboxylic acids is 1. The molecule has 0 saturated carbocycles. The zero-order valence-corrected chi connectivity index (χ0v) is 21.6. The number of ether oxygens (including phenoxy) is 1. The van der Waals surface area contributed by atoms with E-state index in [-0.39, 0.29) is 20.7 Å². The van der Waals surface area contributed by atoms with Gasteiger partial charge < -0.3 is 14.5 Å². The van der Waals surface area contributed by atoms with Crippen LogP contribution < -0.4 is 15.4 Å². The van der Waals surface area contributed by atoms with E-state index in [1.807, 2.05) is 36.4 Å². The standard InChI is InChI=1S/C26H16Cl3N3O3S/c1-34-23-19(28)10-13(11-20(23)29)24(33)32-26(36)30-14-8-9-22-21(12-14)31-25(35-22)17-6-2-5-16-15(17)4-3-7-18(16)27/h2-12H,1H3,(H2,30,32,33,36). The van der Waals surface area contributed by atoms with E-state index in [1.54, 1.807) is 18.2 Å². The average molecular weight is 557 g/mol. The predicted octanol–water partition coefficient (Wildman–Crippen LogP) is 7.74. The van der Waals surface area contributed by atoms with Crippen molar-refractivity contribution in [3.8, 4) is 17.2 Å². The molecule has 0 atom stereocenters. The molecule has 10 heteroatoms. The van der Waals surface area contributed by atoms with Gasteiger partial charge in [-0.25, -0.2) is 4.98 Å². The third kappa shape index (κ3) is 4.70. The number of amides is 1. The van der Waals surface area contributed by atoms with Crippen LogP contribution in [0.4, 0.5) is 5.69 Å². The molecule has 1 amide bonds. The first-order chi connectivity index (χ1) is 17.3. The molecule has 0 radical (unpaired) electrons. The molecular weight excluding hydrogens is 541 g/mol. The first kappa shape index (κ1) is 24.3. The number of thiocarbonyl (C=S) groups is 1. The highest BCUT2D eigenvalue weighted by Crippen LogP contribution is 2.35. The molecule has 0 spiro atoms. The molecule has 0 fully saturated rings. The molecule has 2 N–H and O–H groups in total. The Morgan fingerprint density at radius 3 is 2.42 bits per heavy atom. The lowest BCUT2D eigenvalue weighted by molar-refractivity contribution is 0.0977. The molecule has 5 rings (SSSR count). The first-order valence-electron chi connectivity index (χ1n) is 10.6. The number of halogens is 3. The van der Waals surface area contributed by atoms with Gasteiger partial charge in [-0.3, -0.25) is 10.1 Å². The van der Waals surface area contributed by atoms with Gasteiger partial charge in [-0.05, 0) is 60.1 Å². The number of rotatable bonds is 4. The van der Waals surface area contributed by atoms with Gasteiger partial charge in [-0.1, -0.05) is 59.1 Å². The van der Waals surface area contributed by atoms with E-state index in [2.05, 4.69) is 15.6 Å². The van der Waals surface area contributed by atoms with Crippen LogP contribution in [0.25, 0.3) is 33.3 Å². The summed E-state index contributed by atoms with van der Waals surface area (Å²) in [6, 6.07) is 19.7. The third-order valence-corrected chi connectivity index (χ3v) is 6.53. The molecule has 0 aliphatic carbocycles. The predicted molar refractivity (Wildman–Crippen MR) is 149 cm³/mol. The number of oxazole rings is 1. The van der Waals surface area contributed by atoms with Crippen molar-refractivity contribution in [1.82, 2.24) is 10.3 Å². The van der Waals surface area contributed by atoms with Crippen LogP contribution in [-0.2, 0) is 0 Å². The molecule has 0 aliphatic heterocycles. The Morgan fingerprint density at radius 2 is 1.67 bits per heavy atom. The number of hydrogen-bond acceptors (Lipinski definition) is 5. The van der Waals surface area contributed by atoms with E-state index in [9.17, 15) is 4.79 Å². The number of fused-ring (bicyclic) bond motifs is 2. The van der Waals surface area contributed by atoms with Crippen LogP contribution in [0.1, 0.15) is 10.4 Å². The van der Waals surface area contributed by atoms with Gasteiger partial charge >= 0.3 is 0 Å². The summed E-state index contributed by atoms with van der Waals surface area (Å²) in [5.41, 5.74) is 2.92. The minimum absolute atomic E-state index is 0.0924. The minimum Gasteiger partial charge on any atom is -0.494 e. The summed E-state index contributed by atoms with van der Waals surface area (Å²) in [5.74, 6) is 0.292. The van der Waals surface area contributed by atoms with Crippen molar-refractivity contribution in [3.05, 3.63) is 87.4 Å². The molecule has 0 bridgehead atoms. The van der Waals surface area contributed by atoms with E-state index in [1.165, 1.54) is 19.2 Å². The third-order valence-electron chi connectivity index (χ3n) is 5.44. The molecule has 1 heterocycles. The Kier molecular flexibility index (Phi) is 6.73. The molecule has 6 nitrogen and oxygen atoms in total. The van der Waals surface area contributed by atoms with Gasteiger partial charge in [-0.15, -0.1) is 0 Å². The van der Waals surface area contributed by atoms with E-state index in [4.69, 9.17) is 56.2 Å². The highest BCUT2D eigenvalue weighted by molar-refractivity contribution is 7.80. The Labute approximate surface area is 226 Å². The minimum atomic E-state index is -0.474. The van der Waals surface area contributed by atoms with E-state index in [0.717, 1.165) is 16.3 Å². The quantitative estimate of drug-likeness (QED) is 0.221. The van der Waals surface area contributed by atoms with Crippen molar-refractivity contribution in [2.75, 3.05) is 12.4 Å². The monoisotopic (exact) mass is 555 g/mol. The average Bonchev–Trinajstić information content (AvgIpc) is 3.27. The summed E-state index contributed by atoms with van der Waals surface area (Å²) in [6.45, 7) is 0. The fourth-order valence-corrected chi connectivity index (χ4v) is 4.89. The van der Waals surface area contributed by atoms with Gasteiger partial charge in [0.1, 0.15) is 5.52 Å². The zero-order chi connectivity index (χ0) is 25.4. The van der Waals surface area contributed by atoms with Crippen LogP contribution in [0.2, 0.25) is 15.1 Å². The molecule has 4 aromatic carbocycles. The van der Waals surface area contributed by atoms with Crippen molar-refractivity contribution < 1.29 is 13.9 Å². The van der Waals surface area contributed by atoms with Gasteiger partial charge in [0.15, 0.2) is 16.4 Å². The van der Waals surface area contributed by atoms with Crippen LogP contribution in [-0.4, -0.2) is 23.1 Å². The maximum Gasteiger partial charge on any atom is 0.257 e. The molecule has 1 aromatic heterocycles. The fourth-order valence-electron chi connectivity index (χ4n) is 3.80. The van der Waals surface area contributed by atoms with Crippen LogP contribution in [0.15, 0.2) is 71.1 Å². The van der Waals surface area contributed by atoms with Crippen LogP contribution in [0.3, 0.4) is 0 Å². The maximum atomic E-state index is 12.6. The lowest BCUT2D eigenvalue weighted by Gasteiger charge is -2.11. The van der Waals surface area contributed by atoms with Crippen molar-refractivity contribution in [2.24, 2.45) is 0 Å². The molecule has 0 unspecified atom stereocenters. The Balaban J connectivity index is 1.36. The number of aromatic nitrogens is 1. The van der Waals surface area contributed by atoms with Crippen molar-refractivity contribution in [2.45, 2.75) is 0 Å². The SMILES string of the molecule is COc1c(Cl)cc(C(=O)NC(=S)Nc2ccc3oc(-c4cccc5c(Cl)cccc45)nc3c2)cc1Cl. The van der Waals surface area contributed by atoms with Gasteiger partial charge in [0.2, 0.25) is 5.89 Å². The van der Waals surface area contributed by atoms with Crippen molar-refractivity contribution in [3.63, 3.8) is 0 Å². The van der Waals surface area contributed by atoms with Gasteiger partial charge in [0.25, 0.3) is 5.91 Å². The summed E-state index contributed by atoms with van der Waals surface area (Å²) < 4.78 is 11.1. The number of methoxy groups -OCH3 is 1. The lowest BCUT2D eigenvalue weighted by Crippen LogP contribution is -2.34. The fraction of sp³-hybridized carbons (Fsp3) is 0.0385. The zero-order valence-electron chi connectivity index (χ0n) is 18.6. The van der Waals surface area contributed by atoms with Crippen molar-refractivity contribution >= 4 is 85.6 Å². The van der Waals surface area contributed by atoms with Crippen LogP contribution in [0.5, 0.6) is 5.75 Å². The normalized spacial score (nSPS) is 11.0. The second-order valence-electron chi connectivity index (χ2n) is 7.72. The Bertz CT molecular complexity index is 1650. The number of benzene rings is 4. The lowest BCUT2D eigenvalue weighted by atomic mass is 10.0. The number of hydrogen-bond donors (Lipinski definition) is 2. The van der Waals surface area contributed by atoms with Crippen LogP contribution >= 0.6 is 47.0 Å². The highest BCUT2D eigenvalue weighted by Gasteiger charge is 2.16. The summed E-state index contributed by atoms with van der Waals surface area (Å²) in [7, 11) is 1.44. The first-order valence-corrected chi connectivity index (χ1v) is 12.1. The summed E-state index contributed by atoms with van der Waals surface area (Å²) in [5, 5.41) is 8.64. The van der Waals surface area contributed by atoms with Gasteiger partial charge in [-0.2, -0.15) is 0 Å². The number of anilines is 1. The number of carbonyl (C=O) groups is 1. The number of nitrogens with one attached hydrogen (secondary N) is 2. The molecular formula is C26H16Cl3N3O3S. The summed E-state index contributed by atoms with van der Waals surface area (Å²) >= 11 is 23.9. The molecule has 0 aliphatic rings. The molecule has 0 saturated heterocycles. The highest BCUT2D eigenvalue weighted by atomic mass is 35.5. The molecule has 36 heavy (non-hydrogen) atoms. The molecule has 5 aromatic rings. The summed E-state index contributed by atoms with van der Waals surface area (Å²) in [4.78, 5) is 17.3. The molecule has 180 valence electrons. The largest absolute Gasteiger partial charge is 0.494 e. The Morgan fingerprint density at radius 1 is 0.944 bits per heavy atom. The topological polar surface area (TPSA) is 76.4 Å². The second-order valence-corrected chi connectivity index (χ2v) is 9.35. The van der Waals surface area contributed by atoms with Crippen molar-refractivity contribution in [1.29, 1.82) is 0 Å². The van der Waals surface area contributed by atoms with E-state index >= 15 is 0 Å². The van der Waals surface area contributed by atoms with Gasteiger partial charge in [0.05, 0.1) is 17.2 Å². The maximum absolute atomic E-state index is 12.6. The van der Waals surface area contributed by atoms with Crippen LogP contribution in [0, 0.1) is 0 Å². The smallest absolute Gasteiger partial charge is 0.257 e. The Hall–Kier alpha value is -3.36. The van der Waals surface area contributed by atoms with E-state index < -0.39 is 5.91 Å². The van der Waals surface area contributed by atoms with E-state index in [0.29, 0.717) is 33.4 Å². The van der Waals surface area contributed by atoms with Gasteiger partial charge in [0, 0.05) is 27.2 Å².